The average Bonchev–Trinajstić information content (AvgIpc) is 2.92. The average molecular weight is 590 g/mol. The molecule has 2 aromatic carbocycles. The number of benzene rings is 2. The van der Waals surface area contributed by atoms with Gasteiger partial charge in [0.15, 0.2) is 0 Å². The van der Waals surface area contributed by atoms with Crippen LogP contribution < -0.4 is 9.80 Å². The molecule has 0 saturated carbocycles. The van der Waals surface area contributed by atoms with Gasteiger partial charge in [-0.1, -0.05) is 0 Å². The van der Waals surface area contributed by atoms with E-state index in [4.69, 9.17) is 0 Å². The Kier molecular flexibility index (Phi) is 8.28. The van der Waals surface area contributed by atoms with Gasteiger partial charge in [-0.3, -0.25) is 29.9 Å². The second-order valence-corrected chi connectivity index (χ2v) is 9.55. The Morgan fingerprint density at radius 3 is 1.44 bits per heavy atom. The fourth-order valence-corrected chi connectivity index (χ4v) is 4.86. The van der Waals surface area contributed by atoms with Crippen LogP contribution in [-0.4, -0.2) is 84.5 Å². The second kappa shape index (κ2) is 11.4. The number of piperazine rings is 2. The van der Waals surface area contributed by atoms with Gasteiger partial charge in [0.2, 0.25) is 5.91 Å². The molecule has 11 nitrogen and oxygen atoms in total. The zero-order chi connectivity index (χ0) is 30.1. The minimum atomic E-state index is -4.73. The van der Waals surface area contributed by atoms with Crippen molar-refractivity contribution in [3.05, 3.63) is 67.8 Å². The summed E-state index contributed by atoms with van der Waals surface area (Å²) in [5, 5.41) is 22.8. The molecule has 222 valence electrons. The van der Waals surface area contributed by atoms with Gasteiger partial charge < -0.3 is 14.7 Å². The van der Waals surface area contributed by atoms with Gasteiger partial charge in [-0.15, -0.1) is 0 Å². The summed E-state index contributed by atoms with van der Waals surface area (Å²) in [5.41, 5.74) is -3.49. The van der Waals surface area contributed by atoms with Crippen molar-refractivity contribution in [2.24, 2.45) is 0 Å². The number of carbonyl (C=O) groups excluding carboxylic acids is 1. The number of nitrogens with zero attached hydrogens (tertiary/aromatic N) is 6. The molecular weight excluding hydrogens is 566 g/mol. The smallest absolute Gasteiger partial charge is 0.363 e. The van der Waals surface area contributed by atoms with E-state index >= 15 is 0 Å². The molecule has 2 aliphatic rings. The summed E-state index contributed by atoms with van der Waals surface area (Å²) in [4.78, 5) is 40.5. The van der Waals surface area contributed by atoms with Crippen molar-refractivity contribution < 1.29 is 41.0 Å². The third-order valence-electron chi connectivity index (χ3n) is 7.04. The van der Waals surface area contributed by atoms with E-state index in [0.717, 1.165) is 24.3 Å². The third kappa shape index (κ3) is 6.78. The van der Waals surface area contributed by atoms with Crippen molar-refractivity contribution in [2.75, 3.05) is 68.7 Å². The van der Waals surface area contributed by atoms with E-state index in [9.17, 15) is 51.4 Å². The Bertz CT molecular complexity index is 1320. The van der Waals surface area contributed by atoms with Crippen molar-refractivity contribution >= 4 is 28.7 Å². The first-order valence-corrected chi connectivity index (χ1v) is 12.4. The first-order valence-electron chi connectivity index (χ1n) is 12.4. The Morgan fingerprint density at radius 1 is 0.683 bits per heavy atom. The van der Waals surface area contributed by atoms with E-state index in [1.807, 2.05) is 4.90 Å². The lowest BCUT2D eigenvalue weighted by molar-refractivity contribution is -0.384. The van der Waals surface area contributed by atoms with Crippen LogP contribution in [0.15, 0.2) is 36.4 Å². The fourth-order valence-electron chi connectivity index (χ4n) is 4.86. The van der Waals surface area contributed by atoms with Crippen molar-refractivity contribution in [3.8, 4) is 0 Å². The minimum Gasteiger partial charge on any atom is -0.363 e. The SMILES string of the molecule is O=C(CN1CCN(c2ccc(C(F)(F)F)cc2[N+](=O)[O-])CC1)N1CCN(c2ccc(C(F)(F)F)cc2[N+](=O)[O-])CC1. The summed E-state index contributed by atoms with van der Waals surface area (Å²) in [6, 6.07) is 4.69. The number of rotatable bonds is 6. The number of carbonyl (C=O) groups is 1. The quantitative estimate of drug-likeness (QED) is 0.282. The zero-order valence-corrected chi connectivity index (χ0v) is 21.3. The molecule has 0 aliphatic carbocycles. The molecule has 2 saturated heterocycles. The summed E-state index contributed by atoms with van der Waals surface area (Å²) < 4.78 is 78.0. The van der Waals surface area contributed by atoms with Crippen LogP contribution in [0.25, 0.3) is 0 Å². The highest BCUT2D eigenvalue weighted by Gasteiger charge is 2.36. The number of alkyl halides is 6. The molecule has 0 radical (unpaired) electrons. The van der Waals surface area contributed by atoms with E-state index in [0.29, 0.717) is 25.2 Å². The maximum absolute atomic E-state index is 13.0. The lowest BCUT2D eigenvalue weighted by Gasteiger charge is -2.39. The highest BCUT2D eigenvalue weighted by Crippen LogP contribution is 2.38. The zero-order valence-electron chi connectivity index (χ0n) is 21.3. The fraction of sp³-hybridized carbons (Fsp3) is 0.458. The molecular formula is C24H24F6N6O5. The molecule has 2 heterocycles. The first kappa shape index (κ1) is 29.8. The van der Waals surface area contributed by atoms with Crippen LogP contribution in [-0.2, 0) is 17.1 Å². The normalized spacial score (nSPS) is 17.1. The Hall–Kier alpha value is -4.15. The lowest BCUT2D eigenvalue weighted by Crippen LogP contribution is -2.54. The highest BCUT2D eigenvalue weighted by atomic mass is 19.4. The number of hydrogen-bond acceptors (Lipinski definition) is 8. The molecule has 17 heteroatoms. The van der Waals surface area contributed by atoms with Gasteiger partial charge in [0.1, 0.15) is 11.4 Å². The maximum Gasteiger partial charge on any atom is 0.416 e. The van der Waals surface area contributed by atoms with E-state index in [2.05, 4.69) is 0 Å². The molecule has 0 aromatic heterocycles. The lowest BCUT2D eigenvalue weighted by atomic mass is 10.1. The van der Waals surface area contributed by atoms with Crippen LogP contribution in [0, 0.1) is 20.2 Å². The number of halogens is 6. The number of nitro groups is 2. The molecule has 2 aliphatic heterocycles. The van der Waals surface area contributed by atoms with Gasteiger partial charge in [-0.05, 0) is 24.3 Å². The molecule has 0 unspecified atom stereocenters. The van der Waals surface area contributed by atoms with Crippen molar-refractivity contribution in [1.29, 1.82) is 0 Å². The molecule has 41 heavy (non-hydrogen) atoms. The van der Waals surface area contributed by atoms with Gasteiger partial charge in [0.05, 0.1) is 27.5 Å². The number of nitro benzene ring substituents is 2. The van der Waals surface area contributed by atoms with Gasteiger partial charge in [-0.2, -0.15) is 26.3 Å². The van der Waals surface area contributed by atoms with Crippen molar-refractivity contribution in [2.45, 2.75) is 12.4 Å². The number of amides is 1. The van der Waals surface area contributed by atoms with Crippen LogP contribution in [0.2, 0.25) is 0 Å². The van der Waals surface area contributed by atoms with Gasteiger partial charge in [-0.25, -0.2) is 0 Å². The maximum atomic E-state index is 13.0. The largest absolute Gasteiger partial charge is 0.416 e. The summed E-state index contributed by atoms with van der Waals surface area (Å²) in [6.07, 6.45) is -9.45. The van der Waals surface area contributed by atoms with Crippen LogP contribution in [0.3, 0.4) is 0 Å². The standard InChI is InChI=1S/C24H24F6N6O5/c25-23(26,27)16-1-3-18(20(13-16)35(38)39)32-7-5-31(6-8-32)15-22(37)34-11-9-33(10-12-34)19-4-2-17(24(28,29)30)14-21(19)36(40)41/h1-4,13-14H,5-12,15H2. The second-order valence-electron chi connectivity index (χ2n) is 9.55. The summed E-state index contributed by atoms with van der Waals surface area (Å²) >= 11 is 0. The summed E-state index contributed by atoms with van der Waals surface area (Å²) in [6.45, 7) is 1.86. The predicted molar refractivity (Wildman–Crippen MR) is 134 cm³/mol. The Labute approximate surface area is 228 Å². The van der Waals surface area contributed by atoms with Gasteiger partial charge in [0, 0.05) is 64.5 Å². The molecule has 0 spiro atoms. The molecule has 1 amide bonds. The Morgan fingerprint density at radius 2 is 1.07 bits per heavy atom. The minimum absolute atomic E-state index is 0.0172. The topological polar surface area (TPSA) is 116 Å². The molecule has 4 rings (SSSR count). The van der Waals surface area contributed by atoms with Crippen LogP contribution >= 0.6 is 0 Å². The predicted octanol–water partition coefficient (Wildman–Crippen LogP) is 4.01. The number of anilines is 2. The summed E-state index contributed by atoms with van der Waals surface area (Å²) in [7, 11) is 0. The van der Waals surface area contributed by atoms with E-state index in [-0.39, 0.29) is 63.1 Å². The molecule has 0 N–H and O–H groups in total. The molecule has 0 atom stereocenters. The molecule has 0 bridgehead atoms. The van der Waals surface area contributed by atoms with E-state index in [1.165, 1.54) is 0 Å². The van der Waals surface area contributed by atoms with Crippen molar-refractivity contribution in [1.82, 2.24) is 9.80 Å². The van der Waals surface area contributed by atoms with E-state index < -0.39 is 44.7 Å². The first-order chi connectivity index (χ1) is 19.1. The van der Waals surface area contributed by atoms with Gasteiger partial charge >= 0.3 is 12.4 Å². The van der Waals surface area contributed by atoms with E-state index in [1.54, 1.807) is 14.7 Å². The molecule has 2 fully saturated rings. The van der Waals surface area contributed by atoms with Gasteiger partial charge in [0.25, 0.3) is 11.4 Å². The van der Waals surface area contributed by atoms with Crippen LogP contribution in [0.1, 0.15) is 11.1 Å². The van der Waals surface area contributed by atoms with Crippen molar-refractivity contribution in [3.63, 3.8) is 0 Å². The monoisotopic (exact) mass is 590 g/mol. The Balaban J connectivity index is 1.32. The molecule has 2 aromatic rings. The van der Waals surface area contributed by atoms with Crippen LogP contribution in [0.4, 0.5) is 49.1 Å². The third-order valence-corrected chi connectivity index (χ3v) is 7.04. The number of hydrogen-bond donors (Lipinski definition) is 0. The van der Waals surface area contributed by atoms with Crippen LogP contribution in [0.5, 0.6) is 0 Å². The summed E-state index contributed by atoms with van der Waals surface area (Å²) in [5.74, 6) is -0.236. The highest BCUT2D eigenvalue weighted by molar-refractivity contribution is 5.79.